The Balaban J connectivity index is 1.45. The van der Waals surface area contributed by atoms with Gasteiger partial charge in [-0.05, 0) is 66.3 Å². The van der Waals surface area contributed by atoms with Crippen LogP contribution in [0.3, 0.4) is 0 Å². The number of benzene rings is 2. The number of nitrogens with zero attached hydrogens (tertiary/aromatic N) is 3. The predicted octanol–water partition coefficient (Wildman–Crippen LogP) is 5.58. The summed E-state index contributed by atoms with van der Waals surface area (Å²) in [7, 11) is 0. The van der Waals surface area contributed by atoms with E-state index in [0.717, 1.165) is 24.4 Å². The van der Waals surface area contributed by atoms with E-state index in [-0.39, 0.29) is 15.9 Å². The van der Waals surface area contributed by atoms with Crippen molar-refractivity contribution in [3.8, 4) is 0 Å². The van der Waals surface area contributed by atoms with Crippen LogP contribution < -0.4 is 11.2 Å². The second-order valence-corrected chi connectivity index (χ2v) is 10.7. The summed E-state index contributed by atoms with van der Waals surface area (Å²) in [5, 5.41) is 2.65. The number of hydrogen-bond donors (Lipinski definition) is 2. The Hall–Kier alpha value is -2.52. The summed E-state index contributed by atoms with van der Waals surface area (Å²) in [4.78, 5) is 19.4. The number of alkyl halides is 1. The average Bonchev–Trinajstić information content (AvgIpc) is 2.80. The van der Waals surface area contributed by atoms with E-state index in [1.807, 2.05) is 70.6 Å². The van der Waals surface area contributed by atoms with Crippen LogP contribution in [0.25, 0.3) is 5.70 Å². The van der Waals surface area contributed by atoms with Gasteiger partial charge >= 0.3 is 0 Å². The first-order valence-electron chi connectivity index (χ1n) is 11.4. The van der Waals surface area contributed by atoms with E-state index in [9.17, 15) is 4.79 Å². The van der Waals surface area contributed by atoms with Gasteiger partial charge in [0.2, 0.25) is 5.96 Å². The minimum absolute atomic E-state index is 0.0383. The molecule has 0 radical (unpaired) electrons. The van der Waals surface area contributed by atoms with Crippen LogP contribution in [0.15, 0.2) is 71.8 Å². The van der Waals surface area contributed by atoms with Gasteiger partial charge in [-0.15, -0.1) is 0 Å². The Morgan fingerprint density at radius 2 is 1.74 bits per heavy atom. The molecule has 2 heterocycles. The lowest BCUT2D eigenvalue weighted by molar-refractivity contribution is 0.0623. The van der Waals surface area contributed by atoms with Crippen LogP contribution in [0.5, 0.6) is 0 Å². The molecule has 8 heteroatoms. The summed E-state index contributed by atoms with van der Waals surface area (Å²) in [6.45, 7) is 6.03. The molecule has 2 aromatic rings. The van der Waals surface area contributed by atoms with Crippen LogP contribution in [-0.2, 0) is 0 Å². The number of carbonyl (C=O) groups is 1. The van der Waals surface area contributed by atoms with Gasteiger partial charge in [0.25, 0.3) is 5.91 Å². The van der Waals surface area contributed by atoms with Crippen LogP contribution in [0.4, 0.5) is 5.69 Å². The molecule has 0 spiro atoms. The Bertz CT molecular complexity index is 1100. The van der Waals surface area contributed by atoms with Crippen LogP contribution in [0.1, 0.15) is 36.2 Å². The number of nitrogens with one attached hydrogen (secondary N) is 1. The highest BCUT2D eigenvalue weighted by molar-refractivity contribution is 14.1. The highest BCUT2D eigenvalue weighted by Gasteiger charge is 2.26. The largest absolute Gasteiger partial charge is 0.368 e. The summed E-state index contributed by atoms with van der Waals surface area (Å²) in [5.41, 5.74) is 12.8. The van der Waals surface area contributed by atoms with Crippen LogP contribution in [-0.4, -0.2) is 38.9 Å². The first-order chi connectivity index (χ1) is 16.3. The van der Waals surface area contributed by atoms with Crippen molar-refractivity contribution in [3.05, 3.63) is 82.9 Å². The molecule has 34 heavy (non-hydrogen) atoms. The van der Waals surface area contributed by atoms with E-state index in [1.165, 1.54) is 6.42 Å². The predicted molar refractivity (Wildman–Crippen MR) is 148 cm³/mol. The van der Waals surface area contributed by atoms with E-state index in [1.54, 1.807) is 0 Å². The lowest BCUT2D eigenvalue weighted by Gasteiger charge is -2.35. The molecule has 3 atom stereocenters. The molecular formula is C26H29ClIN5O. The Kier molecular flexibility index (Phi) is 7.83. The zero-order valence-corrected chi connectivity index (χ0v) is 22.2. The standard InChI is InChI=1S/C26H29ClIN5O/c1-17-14-18(2)16-32(15-17)25(34)20-8-12-22(13-9-20)30-26(29)31-33-23(4-3-5-24(33)28)19-6-10-21(27)11-7-19/h3-13,17-18,24H,14-16H2,1-2H3,(H3,29,30,31). The molecule has 178 valence electrons. The third-order valence-corrected chi connectivity index (χ3v) is 7.15. The van der Waals surface area contributed by atoms with Gasteiger partial charge < -0.3 is 10.6 Å². The van der Waals surface area contributed by atoms with E-state index < -0.39 is 0 Å². The lowest BCUT2D eigenvalue weighted by atomic mass is 9.91. The normalized spacial score (nSPS) is 23.0. The minimum Gasteiger partial charge on any atom is -0.368 e. The van der Waals surface area contributed by atoms with E-state index in [2.05, 4.69) is 52.9 Å². The number of amides is 1. The number of allylic oxidation sites excluding steroid dienone is 2. The van der Waals surface area contributed by atoms with E-state index >= 15 is 0 Å². The molecule has 4 rings (SSSR count). The summed E-state index contributed by atoms with van der Waals surface area (Å²) >= 11 is 8.37. The first-order valence-corrected chi connectivity index (χ1v) is 13.0. The Morgan fingerprint density at radius 1 is 1.09 bits per heavy atom. The van der Waals surface area contributed by atoms with Gasteiger partial charge in [-0.1, -0.05) is 72.3 Å². The molecule has 1 saturated heterocycles. The number of halogens is 2. The zero-order chi connectivity index (χ0) is 24.2. The molecular weight excluding hydrogens is 561 g/mol. The molecule has 2 aliphatic rings. The molecule has 6 nitrogen and oxygen atoms in total. The number of rotatable bonds is 4. The smallest absolute Gasteiger partial charge is 0.253 e. The molecule has 3 N–H and O–H groups in total. The van der Waals surface area contributed by atoms with Crippen molar-refractivity contribution in [3.63, 3.8) is 0 Å². The average molecular weight is 590 g/mol. The molecule has 0 aliphatic carbocycles. The van der Waals surface area contributed by atoms with Crippen LogP contribution >= 0.6 is 34.2 Å². The second kappa shape index (κ2) is 10.8. The third-order valence-electron chi connectivity index (χ3n) is 5.93. The van der Waals surface area contributed by atoms with Gasteiger partial charge in [0.1, 0.15) is 4.05 Å². The topological polar surface area (TPSA) is 74.0 Å². The molecule has 3 unspecified atom stereocenters. The van der Waals surface area contributed by atoms with Crippen molar-refractivity contribution in [2.24, 2.45) is 22.6 Å². The zero-order valence-electron chi connectivity index (χ0n) is 19.3. The summed E-state index contributed by atoms with van der Waals surface area (Å²) in [6, 6.07) is 15.0. The summed E-state index contributed by atoms with van der Waals surface area (Å²) in [5.74, 6) is 1.39. The van der Waals surface area contributed by atoms with Gasteiger partial charge in [-0.25, -0.2) is 4.99 Å². The molecule has 0 aromatic heterocycles. The quantitative estimate of drug-likeness (QED) is 0.161. The van der Waals surface area contributed by atoms with Gasteiger partial charge in [-0.2, -0.15) is 0 Å². The number of piperidine rings is 1. The maximum absolute atomic E-state index is 12.9. The molecule has 1 amide bonds. The SMILES string of the molecule is CC1CC(C)CN(C(=O)c2ccc(N=C(N)NN3C(c4ccc(Cl)cc4)=CC=CC3I)cc2)C1. The van der Waals surface area contributed by atoms with Crippen molar-refractivity contribution < 1.29 is 4.79 Å². The molecule has 0 bridgehead atoms. The first kappa shape index (κ1) is 24.6. The number of likely N-dealkylation sites (tertiary alicyclic amines) is 1. The van der Waals surface area contributed by atoms with Crippen LogP contribution in [0, 0.1) is 11.8 Å². The number of hydrazine groups is 1. The van der Waals surface area contributed by atoms with Gasteiger partial charge in [0, 0.05) is 23.7 Å². The fraction of sp³-hybridized carbons (Fsp3) is 0.308. The number of carbonyl (C=O) groups excluding carboxylic acids is 1. The summed E-state index contributed by atoms with van der Waals surface area (Å²) < 4.78 is 0.0383. The molecule has 0 saturated carbocycles. The number of aliphatic imine (C=N–C) groups is 1. The highest BCUT2D eigenvalue weighted by atomic mass is 127. The van der Waals surface area contributed by atoms with Crippen molar-refractivity contribution >= 4 is 57.4 Å². The summed E-state index contributed by atoms with van der Waals surface area (Å²) in [6.07, 6.45) is 7.26. The molecule has 2 aliphatic heterocycles. The molecule has 1 fully saturated rings. The number of guanidine groups is 1. The minimum atomic E-state index is 0.0383. The Morgan fingerprint density at radius 3 is 2.38 bits per heavy atom. The van der Waals surface area contributed by atoms with Gasteiger partial charge in [-0.3, -0.25) is 15.2 Å². The maximum atomic E-state index is 12.9. The van der Waals surface area contributed by atoms with Crippen molar-refractivity contribution in [1.82, 2.24) is 15.3 Å². The van der Waals surface area contributed by atoms with E-state index in [0.29, 0.717) is 28.1 Å². The number of hydrogen-bond acceptors (Lipinski definition) is 3. The third kappa shape index (κ3) is 5.93. The van der Waals surface area contributed by atoms with Gasteiger partial charge in [0.15, 0.2) is 0 Å². The van der Waals surface area contributed by atoms with Crippen molar-refractivity contribution in [1.29, 1.82) is 0 Å². The highest BCUT2D eigenvalue weighted by Crippen LogP contribution is 2.28. The fourth-order valence-electron chi connectivity index (χ4n) is 4.49. The molecule has 2 aromatic carbocycles. The monoisotopic (exact) mass is 589 g/mol. The second-order valence-electron chi connectivity index (χ2n) is 9.00. The van der Waals surface area contributed by atoms with Gasteiger partial charge in [0.05, 0.1) is 11.4 Å². The maximum Gasteiger partial charge on any atom is 0.253 e. The Labute approximate surface area is 219 Å². The van der Waals surface area contributed by atoms with E-state index in [4.69, 9.17) is 17.3 Å². The number of nitrogens with two attached hydrogens (primary N) is 1. The van der Waals surface area contributed by atoms with Crippen molar-refractivity contribution in [2.45, 2.75) is 24.3 Å². The fourth-order valence-corrected chi connectivity index (χ4v) is 5.30. The lowest BCUT2D eigenvalue weighted by Crippen LogP contribution is -2.48. The van der Waals surface area contributed by atoms with Crippen LogP contribution in [0.2, 0.25) is 5.02 Å². The van der Waals surface area contributed by atoms with Crippen molar-refractivity contribution in [2.75, 3.05) is 13.1 Å².